The fourth-order valence-electron chi connectivity index (χ4n) is 1.20. The molecule has 0 amide bonds. The van der Waals surface area contributed by atoms with Crippen molar-refractivity contribution in [1.82, 2.24) is 0 Å². The van der Waals surface area contributed by atoms with Crippen molar-refractivity contribution in [2.75, 3.05) is 13.2 Å². The van der Waals surface area contributed by atoms with Crippen LogP contribution in [0.15, 0.2) is 24.3 Å². The van der Waals surface area contributed by atoms with Gasteiger partial charge < -0.3 is 10.5 Å². The van der Waals surface area contributed by atoms with Gasteiger partial charge in [0.25, 0.3) is 0 Å². The highest BCUT2D eigenvalue weighted by molar-refractivity contribution is 5.19. The molecule has 1 atom stereocenters. The summed E-state index contributed by atoms with van der Waals surface area (Å²) in [4.78, 5) is 0. The van der Waals surface area contributed by atoms with E-state index in [1.54, 1.807) is 0 Å². The third-order valence-corrected chi connectivity index (χ3v) is 1.88. The zero-order valence-corrected chi connectivity index (χ0v) is 8.30. The van der Waals surface area contributed by atoms with Gasteiger partial charge in [-0.3, -0.25) is 0 Å². The van der Waals surface area contributed by atoms with Crippen LogP contribution < -0.4 is 5.73 Å². The second kappa shape index (κ2) is 5.27. The normalized spacial score (nSPS) is 13.8. The summed E-state index contributed by atoms with van der Waals surface area (Å²) < 4.78 is 53.1. The largest absolute Gasteiger partial charge is 0.411 e. The maximum Gasteiger partial charge on any atom is 0.411 e. The molecular weight excluding hydrogens is 226 g/mol. The van der Waals surface area contributed by atoms with Crippen molar-refractivity contribution in [3.05, 3.63) is 35.6 Å². The molecule has 90 valence electrons. The van der Waals surface area contributed by atoms with E-state index in [4.69, 9.17) is 5.73 Å². The van der Waals surface area contributed by atoms with Crippen LogP contribution in [0.2, 0.25) is 0 Å². The van der Waals surface area contributed by atoms with Gasteiger partial charge in [-0.05, 0) is 17.7 Å². The van der Waals surface area contributed by atoms with Gasteiger partial charge >= 0.3 is 6.18 Å². The molecule has 0 saturated carbocycles. The maximum atomic E-state index is 12.8. The zero-order chi connectivity index (χ0) is 12.2. The first kappa shape index (κ1) is 12.9. The van der Waals surface area contributed by atoms with Crippen molar-refractivity contribution in [1.29, 1.82) is 0 Å². The van der Waals surface area contributed by atoms with Gasteiger partial charge in [0.2, 0.25) is 0 Å². The van der Waals surface area contributed by atoms with E-state index in [1.165, 1.54) is 18.2 Å². The van der Waals surface area contributed by atoms with E-state index >= 15 is 0 Å². The van der Waals surface area contributed by atoms with Crippen molar-refractivity contribution in [3.8, 4) is 0 Å². The lowest BCUT2D eigenvalue weighted by atomic mass is 10.1. The minimum absolute atomic E-state index is 0.139. The number of hydrogen-bond acceptors (Lipinski definition) is 2. The van der Waals surface area contributed by atoms with Gasteiger partial charge in [-0.25, -0.2) is 4.39 Å². The number of nitrogens with two attached hydrogens (primary N) is 1. The molecule has 0 aliphatic rings. The fourth-order valence-corrected chi connectivity index (χ4v) is 1.20. The number of halogens is 4. The van der Waals surface area contributed by atoms with Crippen LogP contribution in [0.25, 0.3) is 0 Å². The number of rotatable bonds is 4. The van der Waals surface area contributed by atoms with Crippen LogP contribution >= 0.6 is 0 Å². The molecule has 0 aliphatic carbocycles. The fraction of sp³-hybridized carbons (Fsp3) is 0.400. The molecule has 1 unspecified atom stereocenters. The van der Waals surface area contributed by atoms with E-state index in [0.717, 1.165) is 6.07 Å². The molecule has 0 aliphatic heterocycles. The summed E-state index contributed by atoms with van der Waals surface area (Å²) in [5, 5.41) is 0. The zero-order valence-electron chi connectivity index (χ0n) is 8.30. The van der Waals surface area contributed by atoms with Gasteiger partial charge in [0.1, 0.15) is 12.4 Å². The minimum atomic E-state index is -4.42. The van der Waals surface area contributed by atoms with Crippen molar-refractivity contribution in [2.45, 2.75) is 12.3 Å². The van der Waals surface area contributed by atoms with E-state index < -0.39 is 24.7 Å². The molecular formula is C10H11F4NO. The summed E-state index contributed by atoms with van der Waals surface area (Å²) >= 11 is 0. The molecule has 0 heterocycles. The van der Waals surface area contributed by atoms with Gasteiger partial charge in [-0.15, -0.1) is 0 Å². The van der Waals surface area contributed by atoms with Crippen LogP contribution in [0, 0.1) is 5.82 Å². The lowest BCUT2D eigenvalue weighted by Gasteiger charge is -2.17. The molecule has 0 aromatic heterocycles. The highest BCUT2D eigenvalue weighted by atomic mass is 19.4. The van der Waals surface area contributed by atoms with Crippen LogP contribution in [0.1, 0.15) is 11.7 Å². The molecule has 0 radical (unpaired) electrons. The first-order valence-corrected chi connectivity index (χ1v) is 4.56. The third-order valence-electron chi connectivity index (χ3n) is 1.88. The molecule has 0 bridgehead atoms. The second-order valence-corrected chi connectivity index (χ2v) is 3.21. The summed E-state index contributed by atoms with van der Waals surface area (Å²) in [5.41, 5.74) is 5.57. The number of benzene rings is 1. The average molecular weight is 237 g/mol. The van der Waals surface area contributed by atoms with E-state index in [2.05, 4.69) is 4.74 Å². The number of hydrogen-bond donors (Lipinski definition) is 1. The van der Waals surface area contributed by atoms with E-state index in [1.807, 2.05) is 0 Å². The summed E-state index contributed by atoms with van der Waals surface area (Å²) in [6.07, 6.45) is -5.36. The Bertz CT molecular complexity index is 340. The molecule has 2 nitrogen and oxygen atoms in total. The number of alkyl halides is 3. The average Bonchev–Trinajstić information content (AvgIpc) is 2.17. The van der Waals surface area contributed by atoms with Gasteiger partial charge in [-0.1, -0.05) is 12.1 Å². The first-order valence-electron chi connectivity index (χ1n) is 4.56. The molecule has 1 aromatic carbocycles. The molecule has 16 heavy (non-hydrogen) atoms. The Morgan fingerprint density at radius 2 is 2.00 bits per heavy atom. The Kier molecular flexibility index (Phi) is 4.26. The van der Waals surface area contributed by atoms with Crippen molar-refractivity contribution in [2.24, 2.45) is 5.73 Å². The summed E-state index contributed by atoms with van der Waals surface area (Å²) in [7, 11) is 0. The summed E-state index contributed by atoms with van der Waals surface area (Å²) in [5.74, 6) is -0.536. The smallest absolute Gasteiger partial charge is 0.363 e. The molecule has 6 heteroatoms. The van der Waals surface area contributed by atoms with Crippen molar-refractivity contribution >= 4 is 0 Å². The Hall–Kier alpha value is -1.14. The van der Waals surface area contributed by atoms with E-state index in [0.29, 0.717) is 5.56 Å². The van der Waals surface area contributed by atoms with Gasteiger partial charge in [-0.2, -0.15) is 13.2 Å². The molecule has 0 saturated heterocycles. The molecule has 0 fully saturated rings. The minimum Gasteiger partial charge on any atom is -0.363 e. The van der Waals surface area contributed by atoms with Gasteiger partial charge in [0, 0.05) is 6.54 Å². The topological polar surface area (TPSA) is 35.2 Å². The summed E-state index contributed by atoms with van der Waals surface area (Å²) in [6.45, 7) is -1.54. The number of ether oxygens (including phenoxy) is 1. The molecule has 1 aromatic rings. The monoisotopic (exact) mass is 237 g/mol. The van der Waals surface area contributed by atoms with Crippen LogP contribution in [0.3, 0.4) is 0 Å². The molecule has 1 rings (SSSR count). The lowest BCUT2D eigenvalue weighted by molar-refractivity contribution is -0.185. The Labute approximate surface area is 90.0 Å². The van der Waals surface area contributed by atoms with E-state index in [-0.39, 0.29) is 6.54 Å². The van der Waals surface area contributed by atoms with Crippen molar-refractivity contribution < 1.29 is 22.3 Å². The van der Waals surface area contributed by atoms with Crippen molar-refractivity contribution in [3.63, 3.8) is 0 Å². The Morgan fingerprint density at radius 1 is 1.31 bits per heavy atom. The van der Waals surface area contributed by atoms with Gasteiger partial charge in [0.05, 0.1) is 6.10 Å². The predicted octanol–water partition coefficient (Wildman–Crippen LogP) is 2.40. The summed E-state index contributed by atoms with van der Waals surface area (Å²) in [6, 6.07) is 5.16. The Morgan fingerprint density at radius 3 is 2.50 bits per heavy atom. The standard InChI is InChI=1S/C10H11F4NO/c11-8-3-1-2-7(4-8)9(5-15)16-6-10(12,13)14/h1-4,9H,5-6,15H2. The first-order chi connectivity index (χ1) is 7.42. The predicted molar refractivity (Wildman–Crippen MR) is 50.2 cm³/mol. The van der Waals surface area contributed by atoms with Gasteiger partial charge in [0.15, 0.2) is 0 Å². The SMILES string of the molecule is NCC(OCC(F)(F)F)c1cccc(F)c1. The molecule has 2 N–H and O–H groups in total. The van der Waals surface area contributed by atoms with Crippen LogP contribution in [0.4, 0.5) is 17.6 Å². The van der Waals surface area contributed by atoms with Crippen LogP contribution in [-0.2, 0) is 4.74 Å². The Balaban J connectivity index is 2.68. The molecule has 0 spiro atoms. The second-order valence-electron chi connectivity index (χ2n) is 3.21. The highest BCUT2D eigenvalue weighted by Gasteiger charge is 2.29. The quantitative estimate of drug-likeness (QED) is 0.816. The van der Waals surface area contributed by atoms with Crippen LogP contribution in [-0.4, -0.2) is 19.3 Å². The lowest BCUT2D eigenvalue weighted by Crippen LogP contribution is -2.23. The third kappa shape index (κ3) is 4.16. The maximum absolute atomic E-state index is 12.8. The van der Waals surface area contributed by atoms with E-state index in [9.17, 15) is 17.6 Å². The van der Waals surface area contributed by atoms with Crippen LogP contribution in [0.5, 0.6) is 0 Å². The highest BCUT2D eigenvalue weighted by Crippen LogP contribution is 2.22.